The van der Waals surface area contributed by atoms with Gasteiger partial charge in [0.05, 0.1) is 12.3 Å². The molecule has 0 aliphatic carbocycles. The van der Waals surface area contributed by atoms with Gasteiger partial charge in [0.2, 0.25) is 0 Å². The minimum atomic E-state index is 0.669. The number of benzene rings is 1. The summed E-state index contributed by atoms with van der Waals surface area (Å²) < 4.78 is 5.61. The van der Waals surface area contributed by atoms with Crippen LogP contribution in [-0.2, 0) is 0 Å². The molecule has 0 amide bonds. The zero-order valence-electron chi connectivity index (χ0n) is 11.1. The van der Waals surface area contributed by atoms with E-state index in [9.17, 15) is 0 Å². The van der Waals surface area contributed by atoms with Gasteiger partial charge in [0.25, 0.3) is 0 Å². The molecule has 0 unspecified atom stereocenters. The van der Waals surface area contributed by atoms with Crippen LogP contribution in [0.4, 0.5) is 11.5 Å². The molecule has 0 saturated carbocycles. The summed E-state index contributed by atoms with van der Waals surface area (Å²) in [4.78, 5) is 4.35. The predicted molar refractivity (Wildman–Crippen MR) is 78.4 cm³/mol. The Morgan fingerprint density at radius 1 is 1.16 bits per heavy atom. The molecule has 1 aromatic carbocycles. The number of nitrogens with two attached hydrogens (primary N) is 1. The highest BCUT2D eigenvalue weighted by Crippen LogP contribution is 2.15. The van der Waals surface area contributed by atoms with Gasteiger partial charge < -0.3 is 15.8 Å². The lowest BCUT2D eigenvalue weighted by molar-refractivity contribution is 0.315. The second-order valence-electron chi connectivity index (χ2n) is 4.33. The number of rotatable bonds is 6. The summed E-state index contributed by atoms with van der Waals surface area (Å²) in [7, 11) is 0. The number of hydrogen-bond donors (Lipinski definition) is 2. The van der Waals surface area contributed by atoms with Gasteiger partial charge >= 0.3 is 0 Å². The highest BCUT2D eigenvalue weighted by atomic mass is 16.5. The number of pyridine rings is 1. The molecule has 4 nitrogen and oxygen atoms in total. The summed E-state index contributed by atoms with van der Waals surface area (Å²) in [5.41, 5.74) is 7.47. The molecule has 0 atom stereocenters. The van der Waals surface area contributed by atoms with Crippen molar-refractivity contribution in [3.8, 4) is 5.75 Å². The van der Waals surface area contributed by atoms with Crippen molar-refractivity contribution in [3.63, 3.8) is 0 Å². The summed E-state index contributed by atoms with van der Waals surface area (Å²) >= 11 is 0. The highest BCUT2D eigenvalue weighted by molar-refractivity contribution is 5.61. The summed E-state index contributed by atoms with van der Waals surface area (Å²) in [6.45, 7) is 3.40. The molecule has 0 aliphatic heterocycles. The van der Waals surface area contributed by atoms with Crippen LogP contribution in [-0.4, -0.2) is 18.1 Å². The van der Waals surface area contributed by atoms with Gasteiger partial charge in [0, 0.05) is 12.2 Å². The third-order valence-electron chi connectivity index (χ3n) is 2.69. The Morgan fingerprint density at radius 2 is 1.95 bits per heavy atom. The van der Waals surface area contributed by atoms with E-state index in [0.717, 1.165) is 30.2 Å². The van der Waals surface area contributed by atoms with E-state index in [1.54, 1.807) is 0 Å². The Morgan fingerprint density at radius 3 is 2.74 bits per heavy atom. The molecule has 3 N–H and O–H groups in total. The molecule has 1 heterocycles. The Labute approximate surface area is 113 Å². The van der Waals surface area contributed by atoms with Gasteiger partial charge in [-0.1, -0.05) is 18.2 Å². The Kier molecular flexibility index (Phi) is 4.61. The van der Waals surface area contributed by atoms with Crippen LogP contribution < -0.4 is 15.8 Å². The first-order chi connectivity index (χ1) is 9.25. The quantitative estimate of drug-likeness (QED) is 0.781. The number of aromatic nitrogens is 1. The lowest BCUT2D eigenvalue weighted by atomic mass is 10.3. The van der Waals surface area contributed by atoms with E-state index in [1.807, 2.05) is 49.4 Å². The first kappa shape index (κ1) is 13.2. The minimum absolute atomic E-state index is 0.669. The zero-order chi connectivity index (χ0) is 13.5. The van der Waals surface area contributed by atoms with Crippen molar-refractivity contribution in [2.24, 2.45) is 0 Å². The zero-order valence-corrected chi connectivity index (χ0v) is 11.1. The van der Waals surface area contributed by atoms with Crippen molar-refractivity contribution in [1.82, 2.24) is 4.98 Å². The number of nitrogens with zero attached hydrogens (tertiary/aromatic N) is 1. The molecule has 0 fully saturated rings. The van der Waals surface area contributed by atoms with Crippen LogP contribution in [0.3, 0.4) is 0 Å². The number of para-hydroxylation sites is 1. The van der Waals surface area contributed by atoms with Crippen molar-refractivity contribution in [3.05, 3.63) is 48.2 Å². The van der Waals surface area contributed by atoms with Gasteiger partial charge in [-0.15, -0.1) is 0 Å². The fourth-order valence-electron chi connectivity index (χ4n) is 1.69. The molecular weight excluding hydrogens is 238 g/mol. The Balaban J connectivity index is 1.71. The number of nitrogens with one attached hydrogen (secondary N) is 1. The van der Waals surface area contributed by atoms with E-state index in [4.69, 9.17) is 10.5 Å². The summed E-state index contributed by atoms with van der Waals surface area (Å²) in [6, 6.07) is 13.6. The highest BCUT2D eigenvalue weighted by Gasteiger charge is 2.00. The first-order valence-corrected chi connectivity index (χ1v) is 6.40. The molecule has 0 aliphatic rings. The molecule has 19 heavy (non-hydrogen) atoms. The van der Waals surface area contributed by atoms with Gasteiger partial charge in [-0.25, -0.2) is 4.98 Å². The number of anilines is 2. The van der Waals surface area contributed by atoms with E-state index in [1.165, 1.54) is 0 Å². The van der Waals surface area contributed by atoms with Crippen LogP contribution in [0.2, 0.25) is 0 Å². The van der Waals surface area contributed by atoms with Crippen molar-refractivity contribution < 1.29 is 4.74 Å². The minimum Gasteiger partial charge on any atom is -0.494 e. The maximum absolute atomic E-state index is 5.84. The van der Waals surface area contributed by atoms with Gasteiger partial charge in [0.1, 0.15) is 11.6 Å². The molecule has 0 radical (unpaired) electrons. The average Bonchev–Trinajstić information content (AvgIpc) is 2.43. The topological polar surface area (TPSA) is 60.2 Å². The molecule has 4 heteroatoms. The molecule has 0 bridgehead atoms. The third-order valence-corrected chi connectivity index (χ3v) is 2.69. The molecular formula is C15H19N3O. The van der Waals surface area contributed by atoms with Crippen molar-refractivity contribution in [2.75, 3.05) is 24.2 Å². The van der Waals surface area contributed by atoms with Crippen LogP contribution in [0.25, 0.3) is 0 Å². The molecule has 1 aromatic heterocycles. The third kappa shape index (κ3) is 4.17. The molecule has 0 spiro atoms. The van der Waals surface area contributed by atoms with Crippen molar-refractivity contribution >= 4 is 11.5 Å². The van der Waals surface area contributed by atoms with Crippen molar-refractivity contribution in [1.29, 1.82) is 0 Å². The van der Waals surface area contributed by atoms with Crippen LogP contribution in [0.15, 0.2) is 42.5 Å². The van der Waals surface area contributed by atoms with Crippen LogP contribution in [0.5, 0.6) is 5.75 Å². The normalized spacial score (nSPS) is 10.2. The fraction of sp³-hybridized carbons (Fsp3) is 0.267. The number of ether oxygens (including phenoxy) is 1. The predicted octanol–water partition coefficient (Wildman–Crippen LogP) is 2.85. The largest absolute Gasteiger partial charge is 0.494 e. The standard InChI is InChI=1S/C15H19N3O/c1-12-8-9-14(16)15(18-12)17-10-5-11-19-13-6-3-2-4-7-13/h2-4,6-9H,5,10-11,16H2,1H3,(H,17,18). The molecule has 0 saturated heterocycles. The van der Waals surface area contributed by atoms with Crippen LogP contribution >= 0.6 is 0 Å². The van der Waals surface area contributed by atoms with E-state index < -0.39 is 0 Å². The maximum Gasteiger partial charge on any atom is 0.149 e. The van der Waals surface area contributed by atoms with E-state index in [2.05, 4.69) is 10.3 Å². The smallest absolute Gasteiger partial charge is 0.149 e. The summed E-state index contributed by atoms with van der Waals surface area (Å²) in [5, 5.41) is 3.22. The Bertz CT molecular complexity index is 514. The first-order valence-electron chi connectivity index (χ1n) is 6.40. The molecule has 100 valence electrons. The van der Waals surface area contributed by atoms with E-state index >= 15 is 0 Å². The van der Waals surface area contributed by atoms with Gasteiger partial charge in [-0.3, -0.25) is 0 Å². The maximum atomic E-state index is 5.84. The SMILES string of the molecule is Cc1ccc(N)c(NCCCOc2ccccc2)n1. The Hall–Kier alpha value is -2.23. The average molecular weight is 257 g/mol. The van der Waals surface area contributed by atoms with Crippen molar-refractivity contribution in [2.45, 2.75) is 13.3 Å². The van der Waals surface area contributed by atoms with Gasteiger partial charge in [-0.2, -0.15) is 0 Å². The monoisotopic (exact) mass is 257 g/mol. The van der Waals surface area contributed by atoms with E-state index in [-0.39, 0.29) is 0 Å². The molecule has 2 aromatic rings. The van der Waals surface area contributed by atoms with Crippen LogP contribution in [0.1, 0.15) is 12.1 Å². The second-order valence-corrected chi connectivity index (χ2v) is 4.33. The summed E-state index contributed by atoms with van der Waals surface area (Å²) in [5.74, 6) is 1.65. The van der Waals surface area contributed by atoms with Gasteiger partial charge in [-0.05, 0) is 37.6 Å². The number of aryl methyl sites for hydroxylation is 1. The van der Waals surface area contributed by atoms with Crippen LogP contribution in [0, 0.1) is 6.92 Å². The van der Waals surface area contributed by atoms with Gasteiger partial charge in [0.15, 0.2) is 0 Å². The second kappa shape index (κ2) is 6.64. The number of nitrogen functional groups attached to an aromatic ring is 1. The van der Waals surface area contributed by atoms with E-state index in [0.29, 0.717) is 12.3 Å². The molecule has 2 rings (SSSR count). The lowest BCUT2D eigenvalue weighted by Crippen LogP contribution is -2.10. The summed E-state index contributed by atoms with van der Waals surface area (Å²) in [6.07, 6.45) is 0.893. The number of hydrogen-bond acceptors (Lipinski definition) is 4. The lowest BCUT2D eigenvalue weighted by Gasteiger charge is -2.09. The fourth-order valence-corrected chi connectivity index (χ4v) is 1.69.